The third-order valence-electron chi connectivity index (χ3n) is 5.41. The third-order valence-corrected chi connectivity index (χ3v) is 7.27. The molecule has 5 nitrogen and oxygen atoms in total. The average Bonchev–Trinajstić information content (AvgIpc) is 3.01. The summed E-state index contributed by atoms with van der Waals surface area (Å²) in [7, 11) is -3.74. The van der Waals surface area contributed by atoms with E-state index in [0.29, 0.717) is 6.42 Å². The molecule has 0 aromatic heterocycles. The maximum absolute atomic E-state index is 13.2. The highest BCUT2D eigenvalue weighted by Crippen LogP contribution is 2.18. The maximum Gasteiger partial charge on any atom is 0.243 e. The van der Waals surface area contributed by atoms with Crippen LogP contribution in [0.5, 0.6) is 0 Å². The molecule has 29 heavy (non-hydrogen) atoms. The van der Waals surface area contributed by atoms with Crippen molar-refractivity contribution in [2.24, 2.45) is 0 Å². The molecule has 0 unspecified atom stereocenters. The monoisotopic (exact) mass is 414 g/mol. The maximum atomic E-state index is 13.2. The van der Waals surface area contributed by atoms with E-state index >= 15 is 0 Å². The van der Waals surface area contributed by atoms with E-state index in [-0.39, 0.29) is 29.9 Å². The van der Waals surface area contributed by atoms with Crippen LogP contribution in [0.4, 0.5) is 0 Å². The van der Waals surface area contributed by atoms with Gasteiger partial charge in [-0.3, -0.25) is 4.79 Å². The van der Waals surface area contributed by atoms with Crippen molar-refractivity contribution in [3.8, 4) is 0 Å². The van der Waals surface area contributed by atoms with Gasteiger partial charge in [-0.15, -0.1) is 0 Å². The first kappa shape index (κ1) is 21.5. The zero-order valence-corrected chi connectivity index (χ0v) is 17.6. The average molecular weight is 415 g/mol. The van der Waals surface area contributed by atoms with Crippen LogP contribution in [-0.4, -0.2) is 37.8 Å². The van der Waals surface area contributed by atoms with E-state index < -0.39 is 10.0 Å². The summed E-state index contributed by atoms with van der Waals surface area (Å²) in [5.74, 6) is -0.218. The Hall–Kier alpha value is -2.18. The molecule has 1 aliphatic carbocycles. The van der Waals surface area contributed by atoms with Crippen LogP contribution in [0.15, 0.2) is 65.6 Å². The molecule has 156 valence electrons. The normalized spacial score (nSPS) is 15.8. The number of nitrogens with one attached hydrogen (secondary N) is 1. The molecule has 0 radical (unpaired) electrons. The van der Waals surface area contributed by atoms with E-state index in [1.807, 2.05) is 30.3 Å². The number of rotatable bonds is 8. The quantitative estimate of drug-likeness (QED) is 0.669. The smallest absolute Gasteiger partial charge is 0.243 e. The Balaban J connectivity index is 1.72. The van der Waals surface area contributed by atoms with Gasteiger partial charge in [0.1, 0.15) is 0 Å². The van der Waals surface area contributed by atoms with Crippen LogP contribution in [0.1, 0.15) is 44.1 Å². The van der Waals surface area contributed by atoms with Crippen LogP contribution in [0.3, 0.4) is 0 Å². The summed E-state index contributed by atoms with van der Waals surface area (Å²) < 4.78 is 27.7. The molecule has 0 atom stereocenters. The predicted octanol–water partition coefficient (Wildman–Crippen LogP) is 3.76. The van der Waals surface area contributed by atoms with Gasteiger partial charge in [0.2, 0.25) is 15.9 Å². The van der Waals surface area contributed by atoms with Crippen molar-refractivity contribution < 1.29 is 13.2 Å². The van der Waals surface area contributed by atoms with E-state index in [2.05, 4.69) is 5.32 Å². The minimum Gasteiger partial charge on any atom is -0.352 e. The van der Waals surface area contributed by atoms with Crippen molar-refractivity contribution in [2.45, 2.75) is 55.9 Å². The van der Waals surface area contributed by atoms with Gasteiger partial charge in [0.15, 0.2) is 0 Å². The molecule has 0 bridgehead atoms. The molecular formula is C23H30N2O3S. The molecule has 0 heterocycles. The molecular weight excluding hydrogens is 384 g/mol. The highest BCUT2D eigenvalue weighted by molar-refractivity contribution is 7.89. The lowest BCUT2D eigenvalue weighted by Crippen LogP contribution is -2.44. The van der Waals surface area contributed by atoms with Crippen molar-refractivity contribution in [2.75, 3.05) is 13.1 Å². The van der Waals surface area contributed by atoms with Crippen molar-refractivity contribution in [3.63, 3.8) is 0 Å². The number of benzene rings is 2. The molecule has 6 heteroatoms. The lowest BCUT2D eigenvalue weighted by Gasteiger charge is -2.24. The Kier molecular flexibility index (Phi) is 7.83. The number of sulfonamides is 1. The first-order valence-corrected chi connectivity index (χ1v) is 11.9. The number of hydrogen-bond acceptors (Lipinski definition) is 3. The van der Waals surface area contributed by atoms with Crippen LogP contribution in [0, 0.1) is 0 Å². The zero-order valence-electron chi connectivity index (χ0n) is 16.8. The lowest BCUT2D eigenvalue weighted by atomic mass is 10.1. The second-order valence-electron chi connectivity index (χ2n) is 7.64. The molecule has 3 rings (SSSR count). The van der Waals surface area contributed by atoms with E-state index in [0.717, 1.165) is 31.2 Å². The molecule has 0 aliphatic heterocycles. The highest BCUT2D eigenvalue weighted by Gasteiger charge is 2.27. The zero-order chi connectivity index (χ0) is 20.5. The standard InChI is InChI=1S/C23H30N2O3S/c26-23(24-21-13-7-1-2-8-14-21)19-25(18-17-20-11-5-3-6-12-20)29(27,28)22-15-9-4-10-16-22/h3-6,9-12,15-16,21H,1-2,7-8,13-14,17-19H2,(H,24,26). The first-order chi connectivity index (χ1) is 14.1. The number of nitrogens with zero attached hydrogens (tertiary/aromatic N) is 1. The Morgan fingerprint density at radius 2 is 1.48 bits per heavy atom. The van der Waals surface area contributed by atoms with Gasteiger partial charge in [0.05, 0.1) is 11.4 Å². The van der Waals surface area contributed by atoms with Crippen LogP contribution >= 0.6 is 0 Å². The van der Waals surface area contributed by atoms with Crippen molar-refractivity contribution >= 4 is 15.9 Å². The Morgan fingerprint density at radius 1 is 0.897 bits per heavy atom. The van der Waals surface area contributed by atoms with Gasteiger partial charge in [0, 0.05) is 12.6 Å². The third kappa shape index (κ3) is 6.41. The molecule has 2 aromatic carbocycles. The number of amides is 1. The summed E-state index contributed by atoms with van der Waals surface area (Å²) in [6.07, 6.45) is 7.15. The first-order valence-electron chi connectivity index (χ1n) is 10.4. The molecule has 0 saturated heterocycles. The number of carbonyl (C=O) groups is 1. The van der Waals surface area contributed by atoms with E-state index in [4.69, 9.17) is 0 Å². The summed E-state index contributed by atoms with van der Waals surface area (Å²) in [4.78, 5) is 12.9. The summed E-state index contributed by atoms with van der Waals surface area (Å²) in [5, 5.41) is 3.07. The lowest BCUT2D eigenvalue weighted by molar-refractivity contribution is -0.122. The second-order valence-corrected chi connectivity index (χ2v) is 9.58. The van der Waals surface area contributed by atoms with Gasteiger partial charge in [0.25, 0.3) is 0 Å². The molecule has 1 aliphatic rings. The van der Waals surface area contributed by atoms with Gasteiger partial charge < -0.3 is 5.32 Å². The van der Waals surface area contributed by atoms with Crippen LogP contribution in [0.2, 0.25) is 0 Å². The summed E-state index contributed by atoms with van der Waals surface area (Å²) >= 11 is 0. The highest BCUT2D eigenvalue weighted by atomic mass is 32.2. The van der Waals surface area contributed by atoms with Crippen LogP contribution in [0.25, 0.3) is 0 Å². The summed E-state index contributed by atoms with van der Waals surface area (Å²) in [6.45, 7) is 0.111. The Bertz CT molecular complexity index is 862. The Labute approximate surface area is 174 Å². The van der Waals surface area contributed by atoms with Gasteiger partial charge in [-0.2, -0.15) is 4.31 Å². The fourth-order valence-electron chi connectivity index (χ4n) is 3.78. The SMILES string of the molecule is O=C(CN(CCc1ccccc1)S(=O)(=O)c1ccccc1)NC1CCCCCC1. The van der Waals surface area contributed by atoms with Crippen molar-refractivity contribution in [3.05, 3.63) is 66.2 Å². The number of hydrogen-bond donors (Lipinski definition) is 1. The van der Waals surface area contributed by atoms with E-state index in [1.165, 1.54) is 17.1 Å². The topological polar surface area (TPSA) is 66.5 Å². The second kappa shape index (κ2) is 10.6. The summed E-state index contributed by atoms with van der Waals surface area (Å²) in [5.41, 5.74) is 1.05. The fraction of sp³-hybridized carbons (Fsp3) is 0.435. The van der Waals surface area contributed by atoms with Gasteiger partial charge in [-0.25, -0.2) is 8.42 Å². The fourth-order valence-corrected chi connectivity index (χ4v) is 5.20. The van der Waals surface area contributed by atoms with Gasteiger partial charge in [-0.1, -0.05) is 74.2 Å². The molecule has 1 fully saturated rings. The van der Waals surface area contributed by atoms with Gasteiger partial charge in [-0.05, 0) is 37.0 Å². The van der Waals surface area contributed by atoms with Crippen molar-refractivity contribution in [1.29, 1.82) is 0 Å². The molecule has 2 aromatic rings. The number of carbonyl (C=O) groups excluding carboxylic acids is 1. The van der Waals surface area contributed by atoms with E-state index in [1.54, 1.807) is 30.3 Å². The van der Waals surface area contributed by atoms with Crippen LogP contribution < -0.4 is 5.32 Å². The van der Waals surface area contributed by atoms with Crippen molar-refractivity contribution in [1.82, 2.24) is 9.62 Å². The minimum atomic E-state index is -3.74. The molecule has 1 amide bonds. The molecule has 0 spiro atoms. The predicted molar refractivity (Wildman–Crippen MR) is 115 cm³/mol. The minimum absolute atomic E-state index is 0.152. The van der Waals surface area contributed by atoms with Gasteiger partial charge >= 0.3 is 0 Å². The van der Waals surface area contributed by atoms with Crippen LogP contribution in [-0.2, 0) is 21.2 Å². The Morgan fingerprint density at radius 3 is 2.10 bits per heavy atom. The van der Waals surface area contributed by atoms with E-state index in [9.17, 15) is 13.2 Å². The molecule has 1 N–H and O–H groups in total. The largest absolute Gasteiger partial charge is 0.352 e. The molecule has 1 saturated carbocycles. The summed E-state index contributed by atoms with van der Waals surface area (Å²) in [6, 6.07) is 18.2.